The highest BCUT2D eigenvalue weighted by Crippen LogP contribution is 2.22. The number of methoxy groups -OCH3 is 1. The van der Waals surface area contributed by atoms with E-state index in [4.69, 9.17) is 19.9 Å². The smallest absolute Gasteiger partial charge is 0.136 e. The molecule has 0 aromatic heterocycles. The molecule has 0 amide bonds. The molecule has 5 heteroatoms. The van der Waals surface area contributed by atoms with Gasteiger partial charge in [0.2, 0.25) is 0 Å². The Morgan fingerprint density at radius 2 is 2.15 bits per heavy atom. The zero-order chi connectivity index (χ0) is 14.4. The molecule has 1 aliphatic rings. The summed E-state index contributed by atoms with van der Waals surface area (Å²) in [4.78, 5) is 0. The van der Waals surface area contributed by atoms with Crippen LogP contribution in [0.5, 0.6) is 5.75 Å². The number of nitriles is 1. The minimum Gasteiger partial charge on any atom is -0.495 e. The molecule has 0 aliphatic heterocycles. The van der Waals surface area contributed by atoms with E-state index in [1.807, 2.05) is 6.07 Å². The fourth-order valence-electron chi connectivity index (χ4n) is 2.34. The molecule has 1 aliphatic carbocycles. The number of benzene rings is 1. The molecule has 2 rings (SSSR count). The monoisotopic (exact) mass is 274 g/mol. The van der Waals surface area contributed by atoms with Crippen molar-refractivity contribution in [3.05, 3.63) is 29.3 Å². The van der Waals surface area contributed by atoms with Crippen LogP contribution in [0.15, 0.2) is 23.4 Å². The molecular formula is C15H18N2O3. The maximum absolute atomic E-state index is 9.04. The Morgan fingerprint density at radius 1 is 1.40 bits per heavy atom. The molecule has 1 N–H and O–H groups in total. The Hall–Kier alpha value is -2.06. The maximum Gasteiger partial charge on any atom is 0.136 e. The highest BCUT2D eigenvalue weighted by Gasteiger charge is 2.18. The maximum atomic E-state index is 9.04. The first-order valence-corrected chi connectivity index (χ1v) is 6.65. The third-order valence-electron chi connectivity index (χ3n) is 3.52. The Bertz CT molecular complexity index is 524. The summed E-state index contributed by atoms with van der Waals surface area (Å²) < 4.78 is 11.0. The third kappa shape index (κ3) is 3.49. The highest BCUT2D eigenvalue weighted by atomic mass is 16.5. The first-order valence-electron chi connectivity index (χ1n) is 6.65. The Morgan fingerprint density at radius 3 is 2.75 bits per heavy atom. The molecule has 0 saturated heterocycles. The summed E-state index contributed by atoms with van der Waals surface area (Å²) in [7, 11) is 1.55. The van der Waals surface area contributed by atoms with Crippen LogP contribution >= 0.6 is 0 Å². The lowest BCUT2D eigenvalue weighted by Crippen LogP contribution is -2.21. The molecule has 20 heavy (non-hydrogen) atoms. The number of hydrogen-bond acceptors (Lipinski definition) is 5. The second-order valence-electron chi connectivity index (χ2n) is 4.82. The van der Waals surface area contributed by atoms with Gasteiger partial charge >= 0.3 is 0 Å². The fourth-order valence-corrected chi connectivity index (χ4v) is 2.34. The van der Waals surface area contributed by atoms with Crippen LogP contribution in [0, 0.1) is 11.3 Å². The molecule has 0 bridgehead atoms. The first-order chi connectivity index (χ1) is 9.76. The van der Waals surface area contributed by atoms with Crippen molar-refractivity contribution in [2.75, 3.05) is 7.11 Å². The summed E-state index contributed by atoms with van der Waals surface area (Å²) in [6.07, 6.45) is 3.51. The van der Waals surface area contributed by atoms with Crippen molar-refractivity contribution in [3.63, 3.8) is 0 Å². The Kier molecular flexibility index (Phi) is 4.97. The molecule has 1 aromatic carbocycles. The van der Waals surface area contributed by atoms with Crippen LogP contribution in [0.25, 0.3) is 0 Å². The quantitative estimate of drug-likeness (QED) is 0.676. The standard InChI is InChI=1S/C15H18N2O3/c1-19-15-7-2-11(8-12(15)9-16)10-20-14-5-3-13(17-18)4-6-14/h2,7-8,14,18H,3-6,10H2,1H3. The van der Waals surface area contributed by atoms with Gasteiger partial charge in [0, 0.05) is 0 Å². The molecule has 0 heterocycles. The predicted octanol–water partition coefficient (Wildman–Crippen LogP) is 2.86. The summed E-state index contributed by atoms with van der Waals surface area (Å²) in [6, 6.07) is 7.60. The summed E-state index contributed by atoms with van der Waals surface area (Å²) in [6.45, 7) is 0.481. The van der Waals surface area contributed by atoms with Crippen LogP contribution in [-0.4, -0.2) is 24.1 Å². The van der Waals surface area contributed by atoms with Crippen LogP contribution in [-0.2, 0) is 11.3 Å². The van der Waals surface area contributed by atoms with Gasteiger partial charge in [-0.2, -0.15) is 5.26 Å². The van der Waals surface area contributed by atoms with Crippen molar-refractivity contribution < 1.29 is 14.7 Å². The molecule has 1 fully saturated rings. The molecule has 0 spiro atoms. The van der Waals surface area contributed by atoms with E-state index < -0.39 is 0 Å². The van der Waals surface area contributed by atoms with Crippen molar-refractivity contribution in [2.24, 2.45) is 5.16 Å². The number of rotatable bonds is 4. The van der Waals surface area contributed by atoms with Gasteiger partial charge in [0.1, 0.15) is 11.8 Å². The molecule has 106 valence electrons. The lowest BCUT2D eigenvalue weighted by atomic mass is 9.96. The van der Waals surface area contributed by atoms with Crippen molar-refractivity contribution in [1.82, 2.24) is 0 Å². The molecule has 5 nitrogen and oxygen atoms in total. The van der Waals surface area contributed by atoms with Gasteiger partial charge in [0.05, 0.1) is 31.1 Å². The van der Waals surface area contributed by atoms with Crippen molar-refractivity contribution in [3.8, 4) is 11.8 Å². The van der Waals surface area contributed by atoms with Gasteiger partial charge in [0.25, 0.3) is 0 Å². The minimum atomic E-state index is 0.188. The second kappa shape index (κ2) is 6.92. The Balaban J connectivity index is 1.90. The minimum absolute atomic E-state index is 0.188. The molecule has 0 radical (unpaired) electrons. The number of ether oxygens (including phenoxy) is 2. The summed E-state index contributed by atoms with van der Waals surface area (Å²) in [5.41, 5.74) is 2.33. The third-order valence-corrected chi connectivity index (χ3v) is 3.52. The highest BCUT2D eigenvalue weighted by molar-refractivity contribution is 5.84. The van der Waals surface area contributed by atoms with Gasteiger partial charge in [-0.3, -0.25) is 0 Å². The van der Waals surface area contributed by atoms with Gasteiger partial charge in [-0.05, 0) is 43.4 Å². The summed E-state index contributed by atoms with van der Waals surface area (Å²) in [5, 5.41) is 21.0. The van der Waals surface area contributed by atoms with Crippen LogP contribution < -0.4 is 4.74 Å². The second-order valence-corrected chi connectivity index (χ2v) is 4.82. The Labute approximate surface area is 118 Å². The number of oxime groups is 1. The van der Waals surface area contributed by atoms with Crippen LogP contribution in [0.4, 0.5) is 0 Å². The first kappa shape index (κ1) is 14.4. The molecule has 0 unspecified atom stereocenters. The van der Waals surface area contributed by atoms with E-state index in [2.05, 4.69) is 11.2 Å². The van der Waals surface area contributed by atoms with E-state index in [1.54, 1.807) is 19.2 Å². The summed E-state index contributed by atoms with van der Waals surface area (Å²) >= 11 is 0. The number of hydrogen-bond donors (Lipinski definition) is 1. The van der Waals surface area contributed by atoms with Crippen LogP contribution in [0.3, 0.4) is 0 Å². The van der Waals surface area contributed by atoms with Gasteiger partial charge in [0.15, 0.2) is 0 Å². The van der Waals surface area contributed by atoms with Gasteiger partial charge in [-0.15, -0.1) is 0 Å². The van der Waals surface area contributed by atoms with Gasteiger partial charge in [-0.25, -0.2) is 0 Å². The lowest BCUT2D eigenvalue weighted by molar-refractivity contribution is 0.0277. The van der Waals surface area contributed by atoms with Crippen molar-refractivity contribution in [1.29, 1.82) is 5.26 Å². The van der Waals surface area contributed by atoms with Crippen molar-refractivity contribution in [2.45, 2.75) is 38.4 Å². The van der Waals surface area contributed by atoms with Crippen molar-refractivity contribution >= 4 is 5.71 Å². The van der Waals surface area contributed by atoms with Gasteiger partial charge < -0.3 is 14.7 Å². The topological polar surface area (TPSA) is 74.8 Å². The van der Waals surface area contributed by atoms with Gasteiger partial charge in [-0.1, -0.05) is 11.2 Å². The largest absolute Gasteiger partial charge is 0.495 e. The van der Waals surface area contributed by atoms with Crippen LogP contribution in [0.2, 0.25) is 0 Å². The van der Waals surface area contributed by atoms with E-state index in [-0.39, 0.29) is 6.10 Å². The molecule has 1 aromatic rings. The van der Waals surface area contributed by atoms with E-state index in [0.29, 0.717) is 17.9 Å². The average molecular weight is 274 g/mol. The van der Waals surface area contributed by atoms with E-state index >= 15 is 0 Å². The van der Waals surface area contributed by atoms with E-state index in [1.165, 1.54) is 0 Å². The molecule has 0 atom stereocenters. The van der Waals surface area contributed by atoms with E-state index in [9.17, 15) is 0 Å². The molecular weight excluding hydrogens is 256 g/mol. The SMILES string of the molecule is COc1ccc(COC2CCC(=NO)CC2)cc1C#N. The van der Waals surface area contributed by atoms with E-state index in [0.717, 1.165) is 37.0 Å². The fraction of sp³-hybridized carbons (Fsp3) is 0.467. The predicted molar refractivity (Wildman–Crippen MR) is 74.0 cm³/mol. The summed E-state index contributed by atoms with van der Waals surface area (Å²) in [5.74, 6) is 0.581. The molecule has 1 saturated carbocycles. The number of nitrogens with zero attached hydrogens (tertiary/aromatic N) is 2. The van der Waals surface area contributed by atoms with Crippen LogP contribution in [0.1, 0.15) is 36.8 Å². The zero-order valence-electron chi connectivity index (χ0n) is 11.5. The lowest BCUT2D eigenvalue weighted by Gasteiger charge is -2.22. The zero-order valence-corrected chi connectivity index (χ0v) is 11.5. The average Bonchev–Trinajstić information content (AvgIpc) is 2.53. The normalized spacial score (nSPS) is 18.4.